The monoisotopic (exact) mass is 224 g/mol. The van der Waals surface area contributed by atoms with Gasteiger partial charge in [0, 0.05) is 19.1 Å². The number of nitrogens with one attached hydrogen (secondary N) is 1. The molecule has 0 atom stereocenters. The molecule has 1 N–H and O–H groups in total. The lowest BCUT2D eigenvalue weighted by atomic mass is 9.90. The van der Waals surface area contributed by atoms with Gasteiger partial charge in [0.1, 0.15) is 12.2 Å². The topological polar surface area (TPSA) is 40.0 Å². The van der Waals surface area contributed by atoms with E-state index in [4.69, 9.17) is 0 Å². The third-order valence-corrected chi connectivity index (χ3v) is 3.21. The van der Waals surface area contributed by atoms with E-state index in [1.165, 1.54) is 25.7 Å². The number of hydrogen-bond donors (Lipinski definition) is 1. The zero-order valence-electron chi connectivity index (χ0n) is 10.9. The minimum Gasteiger partial charge on any atom is -0.371 e. The van der Waals surface area contributed by atoms with Gasteiger partial charge in [-0.15, -0.1) is 0 Å². The molecule has 0 radical (unpaired) electrons. The standard InChI is InChI=1S/C12H24N4/c1-10(14-9-13-2)15-11-5-7-12(8-6-11)16(3)4/h9,11-12H,5-8H2,1-4H3,(H,13,14,15)/t11-,12-. The molecule has 1 aliphatic rings. The van der Waals surface area contributed by atoms with Crippen LogP contribution in [0.15, 0.2) is 9.98 Å². The Bertz CT molecular complexity index is 250. The van der Waals surface area contributed by atoms with E-state index in [2.05, 4.69) is 34.3 Å². The normalized spacial score (nSPS) is 27.7. The average molecular weight is 224 g/mol. The summed E-state index contributed by atoms with van der Waals surface area (Å²) in [5.74, 6) is 0.971. The number of aliphatic imine (C=N–C) groups is 2. The van der Waals surface area contributed by atoms with Gasteiger partial charge < -0.3 is 10.2 Å². The van der Waals surface area contributed by atoms with Crippen molar-refractivity contribution in [2.45, 2.75) is 44.7 Å². The summed E-state index contributed by atoms with van der Waals surface area (Å²) in [6.07, 6.45) is 6.62. The van der Waals surface area contributed by atoms with Crippen LogP contribution in [0, 0.1) is 0 Å². The third-order valence-electron chi connectivity index (χ3n) is 3.21. The van der Waals surface area contributed by atoms with Gasteiger partial charge in [0.15, 0.2) is 0 Å². The van der Waals surface area contributed by atoms with E-state index in [0.717, 1.165) is 11.9 Å². The number of hydrogen-bond acceptors (Lipinski definition) is 2. The van der Waals surface area contributed by atoms with Crippen LogP contribution in [0.25, 0.3) is 0 Å². The van der Waals surface area contributed by atoms with Crippen LogP contribution in [-0.4, -0.2) is 50.3 Å². The van der Waals surface area contributed by atoms with E-state index >= 15 is 0 Å². The molecule has 1 aliphatic carbocycles. The molecule has 1 saturated carbocycles. The molecule has 0 aliphatic heterocycles. The van der Waals surface area contributed by atoms with Crippen LogP contribution in [0.5, 0.6) is 0 Å². The summed E-state index contributed by atoms with van der Waals surface area (Å²) in [6, 6.07) is 1.35. The fourth-order valence-corrected chi connectivity index (χ4v) is 2.21. The Morgan fingerprint density at radius 2 is 1.88 bits per heavy atom. The molecule has 0 aromatic carbocycles. The number of rotatable bonds is 3. The molecule has 0 spiro atoms. The van der Waals surface area contributed by atoms with Gasteiger partial charge in [-0.25, -0.2) is 4.99 Å². The third kappa shape index (κ3) is 4.31. The maximum Gasteiger partial charge on any atom is 0.111 e. The number of nitrogens with zero attached hydrogens (tertiary/aromatic N) is 3. The molecule has 0 heterocycles. The highest BCUT2D eigenvalue weighted by molar-refractivity contribution is 5.86. The quantitative estimate of drug-likeness (QED) is 0.583. The zero-order valence-corrected chi connectivity index (χ0v) is 10.9. The molecule has 4 nitrogen and oxygen atoms in total. The number of amidine groups is 1. The summed E-state index contributed by atoms with van der Waals surface area (Å²) >= 11 is 0. The Kier molecular flexibility index (Phi) is 5.46. The largest absolute Gasteiger partial charge is 0.371 e. The second kappa shape index (κ2) is 6.63. The predicted molar refractivity (Wildman–Crippen MR) is 70.4 cm³/mol. The van der Waals surface area contributed by atoms with Crippen LogP contribution >= 0.6 is 0 Å². The zero-order chi connectivity index (χ0) is 12.0. The van der Waals surface area contributed by atoms with E-state index in [-0.39, 0.29) is 0 Å². The summed E-state index contributed by atoms with van der Waals surface area (Å²) in [7, 11) is 6.07. The Morgan fingerprint density at radius 1 is 1.25 bits per heavy atom. The van der Waals surface area contributed by atoms with E-state index < -0.39 is 0 Å². The first-order valence-corrected chi connectivity index (χ1v) is 6.01. The molecule has 1 fully saturated rings. The van der Waals surface area contributed by atoms with Crippen molar-refractivity contribution in [1.82, 2.24) is 10.2 Å². The summed E-state index contributed by atoms with van der Waals surface area (Å²) < 4.78 is 0. The van der Waals surface area contributed by atoms with Crippen molar-refractivity contribution in [1.29, 1.82) is 0 Å². The smallest absolute Gasteiger partial charge is 0.111 e. The van der Waals surface area contributed by atoms with Gasteiger partial charge in [0.2, 0.25) is 0 Å². The Labute approximate surface area is 98.8 Å². The Morgan fingerprint density at radius 3 is 2.38 bits per heavy atom. The van der Waals surface area contributed by atoms with Crippen LogP contribution in [0.4, 0.5) is 0 Å². The van der Waals surface area contributed by atoms with E-state index in [9.17, 15) is 0 Å². The van der Waals surface area contributed by atoms with Crippen LogP contribution in [0.1, 0.15) is 32.6 Å². The van der Waals surface area contributed by atoms with E-state index in [1.807, 2.05) is 6.92 Å². The van der Waals surface area contributed by atoms with Gasteiger partial charge >= 0.3 is 0 Å². The maximum absolute atomic E-state index is 4.19. The van der Waals surface area contributed by atoms with Gasteiger partial charge in [0.05, 0.1) is 0 Å². The van der Waals surface area contributed by atoms with Crippen molar-refractivity contribution in [3.63, 3.8) is 0 Å². The van der Waals surface area contributed by atoms with Crippen molar-refractivity contribution < 1.29 is 0 Å². The van der Waals surface area contributed by atoms with Gasteiger partial charge in [-0.05, 0) is 46.7 Å². The van der Waals surface area contributed by atoms with Crippen molar-refractivity contribution >= 4 is 12.2 Å². The molecule has 0 saturated heterocycles. The van der Waals surface area contributed by atoms with Crippen LogP contribution in [0.2, 0.25) is 0 Å². The molecule has 0 unspecified atom stereocenters. The minimum absolute atomic E-state index is 0.588. The molecule has 0 aromatic rings. The van der Waals surface area contributed by atoms with Gasteiger partial charge in [0.25, 0.3) is 0 Å². The second-order valence-electron chi connectivity index (χ2n) is 4.70. The van der Waals surface area contributed by atoms with E-state index in [1.54, 1.807) is 13.4 Å². The molecule has 92 valence electrons. The summed E-state index contributed by atoms with van der Waals surface area (Å²) in [4.78, 5) is 10.4. The molecular formula is C12H24N4. The van der Waals surface area contributed by atoms with Crippen LogP contribution in [-0.2, 0) is 0 Å². The molecule has 0 aromatic heterocycles. The van der Waals surface area contributed by atoms with Crippen molar-refractivity contribution in [2.24, 2.45) is 9.98 Å². The van der Waals surface area contributed by atoms with Crippen LogP contribution in [0.3, 0.4) is 0 Å². The second-order valence-corrected chi connectivity index (χ2v) is 4.70. The summed E-state index contributed by atoms with van der Waals surface area (Å²) in [5, 5.41) is 3.45. The van der Waals surface area contributed by atoms with Crippen molar-refractivity contribution in [2.75, 3.05) is 21.1 Å². The molecule has 0 amide bonds. The highest BCUT2D eigenvalue weighted by Gasteiger charge is 2.22. The maximum atomic E-state index is 4.19. The molecule has 0 bridgehead atoms. The van der Waals surface area contributed by atoms with E-state index in [0.29, 0.717) is 6.04 Å². The van der Waals surface area contributed by atoms with Crippen LogP contribution < -0.4 is 5.32 Å². The van der Waals surface area contributed by atoms with Gasteiger partial charge in [-0.2, -0.15) is 0 Å². The highest BCUT2D eigenvalue weighted by Crippen LogP contribution is 2.21. The SMILES string of the molecule is C/N=C\N=C(/C)N[C@H]1CC[C@H](N(C)C)CC1. The summed E-state index contributed by atoms with van der Waals surface area (Å²) in [6.45, 7) is 2.00. The predicted octanol–water partition coefficient (Wildman–Crippen LogP) is 1.53. The minimum atomic E-state index is 0.588. The van der Waals surface area contributed by atoms with Crippen molar-refractivity contribution in [3.8, 4) is 0 Å². The highest BCUT2D eigenvalue weighted by atomic mass is 15.1. The average Bonchev–Trinajstić information content (AvgIpc) is 2.27. The van der Waals surface area contributed by atoms with Gasteiger partial charge in [-0.1, -0.05) is 0 Å². The fourth-order valence-electron chi connectivity index (χ4n) is 2.21. The summed E-state index contributed by atoms with van der Waals surface area (Å²) in [5.41, 5.74) is 0. The van der Waals surface area contributed by atoms with Gasteiger partial charge in [-0.3, -0.25) is 4.99 Å². The lowest BCUT2D eigenvalue weighted by Crippen LogP contribution is -2.41. The van der Waals surface area contributed by atoms with Crippen molar-refractivity contribution in [3.05, 3.63) is 0 Å². The molecular weight excluding hydrogens is 200 g/mol. The lowest BCUT2D eigenvalue weighted by Gasteiger charge is -2.33. The Balaban J connectivity index is 2.32. The first-order chi connectivity index (χ1) is 7.63. The Hall–Kier alpha value is -0.900. The first-order valence-electron chi connectivity index (χ1n) is 6.01. The molecule has 4 heteroatoms. The molecule has 1 rings (SSSR count). The first kappa shape index (κ1) is 13.2. The fraction of sp³-hybridized carbons (Fsp3) is 0.833. The lowest BCUT2D eigenvalue weighted by molar-refractivity contribution is 0.211. The molecule has 16 heavy (non-hydrogen) atoms.